The number of rotatable bonds is 5. The van der Waals surface area contributed by atoms with Crippen LogP contribution in [0.2, 0.25) is 5.02 Å². The first-order chi connectivity index (χ1) is 16.3. The Labute approximate surface area is 197 Å². The van der Waals surface area contributed by atoms with Crippen LogP contribution in [0.3, 0.4) is 0 Å². The van der Waals surface area contributed by atoms with Gasteiger partial charge in [0.2, 0.25) is 0 Å². The van der Waals surface area contributed by atoms with Crippen molar-refractivity contribution in [2.24, 2.45) is 0 Å². The average molecular weight is 487 g/mol. The van der Waals surface area contributed by atoms with Crippen molar-refractivity contribution in [3.05, 3.63) is 88.2 Å². The zero-order chi connectivity index (χ0) is 24.6. The van der Waals surface area contributed by atoms with E-state index in [1.165, 1.54) is 38.7 Å². The smallest absolute Gasteiger partial charge is 0.300 e. The third kappa shape index (κ3) is 3.84. The van der Waals surface area contributed by atoms with Gasteiger partial charge in [-0.05, 0) is 29.8 Å². The highest BCUT2D eigenvalue weighted by molar-refractivity contribution is 6.51. The number of ether oxygens (including phenoxy) is 2. The Morgan fingerprint density at radius 1 is 1.06 bits per heavy atom. The summed E-state index contributed by atoms with van der Waals surface area (Å²) in [6, 6.07) is 7.53. The number of amides is 1. The molecule has 0 saturated carbocycles. The Balaban J connectivity index is 1.98. The molecule has 1 amide bonds. The first kappa shape index (κ1) is 23.2. The van der Waals surface area contributed by atoms with Gasteiger partial charge in [-0.1, -0.05) is 17.7 Å². The van der Waals surface area contributed by atoms with Gasteiger partial charge in [-0.2, -0.15) is 0 Å². The van der Waals surface area contributed by atoms with E-state index in [0.717, 1.165) is 23.1 Å². The molecule has 2 heterocycles. The molecule has 1 aromatic heterocycles. The Hall–Kier alpha value is -3.98. The second-order valence-corrected chi connectivity index (χ2v) is 7.65. The van der Waals surface area contributed by atoms with Crippen LogP contribution in [0.25, 0.3) is 5.76 Å². The second kappa shape index (κ2) is 9.11. The molecule has 34 heavy (non-hydrogen) atoms. The largest absolute Gasteiger partial charge is 0.507 e. The number of ketones is 1. The summed E-state index contributed by atoms with van der Waals surface area (Å²) in [6.45, 7) is 0. The number of aliphatic hydroxyl groups is 1. The monoisotopic (exact) mass is 486 g/mol. The van der Waals surface area contributed by atoms with Crippen molar-refractivity contribution in [2.75, 3.05) is 19.1 Å². The molecular formula is C24H17ClF2N2O5. The molecule has 0 bridgehead atoms. The predicted octanol–water partition coefficient (Wildman–Crippen LogP) is 4.66. The van der Waals surface area contributed by atoms with Crippen LogP contribution >= 0.6 is 11.6 Å². The molecule has 7 nitrogen and oxygen atoms in total. The zero-order valence-corrected chi connectivity index (χ0v) is 18.6. The van der Waals surface area contributed by atoms with Crippen LogP contribution < -0.4 is 14.4 Å². The van der Waals surface area contributed by atoms with Gasteiger partial charge in [-0.15, -0.1) is 0 Å². The summed E-state index contributed by atoms with van der Waals surface area (Å²) in [5.41, 5.74) is 0.00735. The number of hydrogen-bond acceptors (Lipinski definition) is 6. The second-order valence-electron chi connectivity index (χ2n) is 7.24. The standard InChI is InChI=1S/C24H17ClF2N2O5/c1-33-18-10-19(34-2)15(25)9-14(18)22(30)20-21(12-4-3-7-28-11-12)29(24(32)23(20)31)13-5-6-16(26)17(27)8-13/h3-11,21,30H,1-2H3/b22-20+. The van der Waals surface area contributed by atoms with Crippen LogP contribution in [0.4, 0.5) is 14.5 Å². The minimum atomic E-state index is -1.20. The number of benzene rings is 2. The number of nitrogens with zero attached hydrogens (tertiary/aromatic N) is 2. The summed E-state index contributed by atoms with van der Waals surface area (Å²) in [4.78, 5) is 31.2. The molecule has 3 aromatic rings. The molecule has 1 fully saturated rings. The molecule has 0 spiro atoms. The number of pyridine rings is 1. The molecule has 0 radical (unpaired) electrons. The fourth-order valence-corrected chi connectivity index (χ4v) is 4.02. The molecule has 10 heteroatoms. The van der Waals surface area contributed by atoms with Crippen LogP contribution in [0.15, 0.2) is 60.4 Å². The van der Waals surface area contributed by atoms with Crippen molar-refractivity contribution in [3.63, 3.8) is 0 Å². The Morgan fingerprint density at radius 3 is 2.41 bits per heavy atom. The molecule has 1 saturated heterocycles. The van der Waals surface area contributed by atoms with Gasteiger partial charge in [0.1, 0.15) is 17.3 Å². The highest BCUT2D eigenvalue weighted by atomic mass is 35.5. The third-order valence-electron chi connectivity index (χ3n) is 5.35. The Bertz CT molecular complexity index is 1330. The molecule has 0 aliphatic carbocycles. The summed E-state index contributed by atoms with van der Waals surface area (Å²) < 4.78 is 38.0. The van der Waals surface area contributed by atoms with E-state index in [1.807, 2.05) is 0 Å². The summed E-state index contributed by atoms with van der Waals surface area (Å²) in [6.07, 6.45) is 2.88. The molecule has 1 atom stereocenters. The maximum absolute atomic E-state index is 14.0. The van der Waals surface area contributed by atoms with Crippen molar-refractivity contribution in [2.45, 2.75) is 6.04 Å². The lowest BCUT2D eigenvalue weighted by Gasteiger charge is -2.25. The van der Waals surface area contributed by atoms with E-state index in [1.54, 1.807) is 12.1 Å². The lowest BCUT2D eigenvalue weighted by atomic mass is 9.95. The highest BCUT2D eigenvalue weighted by Gasteiger charge is 2.47. The number of aliphatic hydroxyl groups excluding tert-OH is 1. The molecule has 1 N–H and O–H groups in total. The zero-order valence-electron chi connectivity index (χ0n) is 17.9. The highest BCUT2D eigenvalue weighted by Crippen LogP contribution is 2.44. The minimum absolute atomic E-state index is 0.0328. The summed E-state index contributed by atoms with van der Waals surface area (Å²) >= 11 is 6.22. The van der Waals surface area contributed by atoms with Gasteiger partial charge in [-0.3, -0.25) is 19.5 Å². The molecule has 1 aliphatic rings. The van der Waals surface area contributed by atoms with Crippen molar-refractivity contribution in [3.8, 4) is 11.5 Å². The van der Waals surface area contributed by atoms with Gasteiger partial charge in [0.25, 0.3) is 11.7 Å². The van der Waals surface area contributed by atoms with Gasteiger partial charge in [-0.25, -0.2) is 8.78 Å². The number of aromatic nitrogens is 1. The maximum Gasteiger partial charge on any atom is 0.300 e. The van der Waals surface area contributed by atoms with Crippen molar-refractivity contribution in [1.29, 1.82) is 0 Å². The number of carbonyl (C=O) groups is 2. The number of Topliss-reactive ketones (excluding diaryl/α,β-unsaturated/α-hetero) is 1. The average Bonchev–Trinajstić information content (AvgIpc) is 3.11. The number of halogens is 3. The fraction of sp³-hybridized carbons (Fsp3) is 0.125. The predicted molar refractivity (Wildman–Crippen MR) is 120 cm³/mol. The normalized spacial score (nSPS) is 17.2. The first-order valence-corrected chi connectivity index (χ1v) is 10.2. The molecule has 1 aliphatic heterocycles. The van der Waals surface area contributed by atoms with Gasteiger partial charge < -0.3 is 14.6 Å². The number of hydrogen-bond donors (Lipinski definition) is 1. The van der Waals surface area contributed by atoms with E-state index < -0.39 is 35.1 Å². The van der Waals surface area contributed by atoms with Gasteiger partial charge >= 0.3 is 0 Å². The number of carbonyl (C=O) groups excluding carboxylic acids is 2. The quantitative estimate of drug-likeness (QED) is 0.320. The minimum Gasteiger partial charge on any atom is -0.507 e. The van der Waals surface area contributed by atoms with E-state index in [4.69, 9.17) is 21.1 Å². The first-order valence-electron chi connectivity index (χ1n) is 9.86. The van der Waals surface area contributed by atoms with Gasteiger partial charge in [0, 0.05) is 30.2 Å². The summed E-state index contributed by atoms with van der Waals surface area (Å²) in [5.74, 6) is -4.57. The maximum atomic E-state index is 14.0. The lowest BCUT2D eigenvalue weighted by Crippen LogP contribution is -2.29. The van der Waals surface area contributed by atoms with Crippen molar-refractivity contribution < 1.29 is 33.0 Å². The number of anilines is 1. The summed E-state index contributed by atoms with van der Waals surface area (Å²) in [5, 5.41) is 11.4. The fourth-order valence-electron chi connectivity index (χ4n) is 3.78. The van der Waals surface area contributed by atoms with E-state index in [-0.39, 0.29) is 33.3 Å². The molecule has 4 rings (SSSR count). The molecule has 2 aromatic carbocycles. The lowest BCUT2D eigenvalue weighted by molar-refractivity contribution is -0.132. The van der Waals surface area contributed by atoms with E-state index in [0.29, 0.717) is 5.56 Å². The molecule has 174 valence electrons. The van der Waals surface area contributed by atoms with Crippen LogP contribution in [0, 0.1) is 11.6 Å². The van der Waals surface area contributed by atoms with Crippen LogP contribution in [0.1, 0.15) is 17.2 Å². The number of methoxy groups -OCH3 is 2. The Kier molecular flexibility index (Phi) is 6.21. The van der Waals surface area contributed by atoms with Crippen molar-refractivity contribution >= 4 is 34.7 Å². The van der Waals surface area contributed by atoms with Crippen LogP contribution in [-0.4, -0.2) is 36.0 Å². The van der Waals surface area contributed by atoms with Crippen molar-refractivity contribution in [1.82, 2.24) is 4.98 Å². The van der Waals surface area contributed by atoms with Gasteiger partial charge in [0.15, 0.2) is 11.6 Å². The van der Waals surface area contributed by atoms with E-state index >= 15 is 0 Å². The molecular weight excluding hydrogens is 470 g/mol. The molecule has 1 unspecified atom stereocenters. The topological polar surface area (TPSA) is 89.0 Å². The van der Waals surface area contributed by atoms with Crippen LogP contribution in [0.5, 0.6) is 11.5 Å². The van der Waals surface area contributed by atoms with E-state index in [2.05, 4.69) is 4.98 Å². The van der Waals surface area contributed by atoms with E-state index in [9.17, 15) is 23.5 Å². The Morgan fingerprint density at radius 2 is 1.79 bits per heavy atom. The van der Waals surface area contributed by atoms with Crippen LogP contribution in [-0.2, 0) is 9.59 Å². The SMILES string of the molecule is COc1cc(OC)c(/C(O)=C2\C(=O)C(=O)N(c3ccc(F)c(F)c3)C2c2cccnc2)cc1Cl. The third-order valence-corrected chi connectivity index (χ3v) is 5.65. The van der Waals surface area contributed by atoms with Gasteiger partial charge in [0.05, 0.1) is 36.4 Å². The summed E-state index contributed by atoms with van der Waals surface area (Å²) in [7, 11) is 2.74.